The maximum atomic E-state index is 10.7. The van der Waals surface area contributed by atoms with Crippen LogP contribution < -0.4 is 0 Å². The summed E-state index contributed by atoms with van der Waals surface area (Å²) in [5.74, 6) is 0.921. The second kappa shape index (κ2) is 5.41. The van der Waals surface area contributed by atoms with Gasteiger partial charge in [0.05, 0.1) is 6.61 Å². The Morgan fingerprint density at radius 2 is 1.95 bits per heavy atom. The number of benzene rings is 1. The highest BCUT2D eigenvalue weighted by Gasteiger charge is 2.41. The fourth-order valence-electron chi connectivity index (χ4n) is 3.38. The highest BCUT2D eigenvalue weighted by Crippen LogP contribution is 2.49. The van der Waals surface area contributed by atoms with E-state index >= 15 is 0 Å². The number of ether oxygens (including phenoxy) is 1. The van der Waals surface area contributed by atoms with Crippen LogP contribution in [0.15, 0.2) is 28.9 Å². The van der Waals surface area contributed by atoms with Crippen LogP contribution in [0.5, 0.6) is 5.75 Å². The summed E-state index contributed by atoms with van der Waals surface area (Å²) in [6.45, 7) is 13.2. The van der Waals surface area contributed by atoms with Crippen LogP contribution >= 0.6 is 0 Å². The average Bonchev–Trinajstić information content (AvgIpc) is 2.73. The Morgan fingerprint density at radius 3 is 2.45 bits per heavy atom. The lowest BCUT2D eigenvalue weighted by Gasteiger charge is -2.30. The van der Waals surface area contributed by atoms with E-state index < -0.39 is 6.04 Å². The zero-order valence-corrected chi connectivity index (χ0v) is 14.2. The molecule has 4 heteroatoms. The van der Waals surface area contributed by atoms with Crippen LogP contribution in [-0.4, -0.2) is 11.7 Å². The predicted octanol–water partition coefficient (Wildman–Crippen LogP) is 5.03. The van der Waals surface area contributed by atoms with Gasteiger partial charge in [-0.25, -0.2) is 0 Å². The van der Waals surface area contributed by atoms with Gasteiger partial charge in [-0.2, -0.15) is 4.91 Å². The number of phenols is 1. The minimum absolute atomic E-state index is 0.0265. The molecule has 120 valence electrons. The van der Waals surface area contributed by atoms with Gasteiger partial charge in [0.25, 0.3) is 0 Å². The molecule has 1 atom stereocenters. The lowest BCUT2D eigenvalue weighted by atomic mass is 9.71. The van der Waals surface area contributed by atoms with E-state index in [9.17, 15) is 10.0 Å². The maximum absolute atomic E-state index is 10.7. The van der Waals surface area contributed by atoms with E-state index in [0.717, 1.165) is 11.3 Å². The minimum atomic E-state index is -0.564. The van der Waals surface area contributed by atoms with Gasteiger partial charge in [-0.3, -0.25) is 0 Å². The molecule has 1 aliphatic heterocycles. The van der Waals surface area contributed by atoms with Crippen molar-refractivity contribution < 1.29 is 9.84 Å². The fourth-order valence-corrected chi connectivity index (χ4v) is 3.38. The number of nitroso groups, excluding NO2 is 1. The molecule has 1 N–H and O–H groups in total. The third kappa shape index (κ3) is 2.87. The van der Waals surface area contributed by atoms with Crippen molar-refractivity contribution in [3.63, 3.8) is 0 Å². The van der Waals surface area contributed by atoms with Crippen LogP contribution in [0.4, 0.5) is 0 Å². The molecular formula is C18H25NO3. The molecule has 0 bridgehead atoms. The van der Waals surface area contributed by atoms with Crippen molar-refractivity contribution >= 4 is 5.76 Å². The first kappa shape index (κ1) is 16.5. The Morgan fingerprint density at radius 1 is 1.32 bits per heavy atom. The van der Waals surface area contributed by atoms with E-state index in [1.54, 1.807) is 19.1 Å². The zero-order valence-electron chi connectivity index (χ0n) is 14.2. The highest BCUT2D eigenvalue weighted by molar-refractivity contribution is 5.69. The van der Waals surface area contributed by atoms with Gasteiger partial charge in [-0.05, 0) is 24.0 Å². The molecule has 0 aliphatic carbocycles. The molecule has 1 aromatic carbocycles. The summed E-state index contributed by atoms with van der Waals surface area (Å²) in [7, 11) is 0. The largest absolute Gasteiger partial charge is 0.508 e. The van der Waals surface area contributed by atoms with E-state index in [4.69, 9.17) is 4.74 Å². The summed E-state index contributed by atoms with van der Waals surface area (Å²) >= 11 is 0. The first-order valence-corrected chi connectivity index (χ1v) is 7.61. The summed E-state index contributed by atoms with van der Waals surface area (Å²) in [6, 6.07) is 4.74. The summed E-state index contributed by atoms with van der Waals surface area (Å²) in [5, 5.41) is 13.2. The lowest BCUT2D eigenvalue weighted by molar-refractivity contribution is 0.213. The monoisotopic (exact) mass is 303 g/mol. The molecule has 0 amide bonds. The third-order valence-electron chi connectivity index (χ3n) is 4.13. The van der Waals surface area contributed by atoms with Crippen LogP contribution in [0.3, 0.4) is 0 Å². The summed E-state index contributed by atoms with van der Waals surface area (Å²) < 4.78 is 5.96. The number of rotatable bonds is 3. The summed E-state index contributed by atoms with van der Waals surface area (Å²) in [5.41, 5.74) is 2.55. The van der Waals surface area contributed by atoms with Crippen LogP contribution in [0.1, 0.15) is 58.7 Å². The number of nitrogens with zero attached hydrogens (tertiary/aromatic N) is 1. The van der Waals surface area contributed by atoms with Gasteiger partial charge in [0.2, 0.25) is 0 Å². The standard InChI is InChI=1S/C18H25NO3/c1-11(19-21)13-8-7-12(9-14(13)20)15-16(17(2,3)4)18(5,6)10-22-15/h7-9,11,20H,10H2,1-6H3. The van der Waals surface area contributed by atoms with Gasteiger partial charge >= 0.3 is 0 Å². The van der Waals surface area contributed by atoms with E-state index in [1.807, 2.05) is 6.07 Å². The highest BCUT2D eigenvalue weighted by atomic mass is 16.5. The van der Waals surface area contributed by atoms with E-state index in [0.29, 0.717) is 12.2 Å². The van der Waals surface area contributed by atoms with Crippen LogP contribution in [0, 0.1) is 15.7 Å². The van der Waals surface area contributed by atoms with Gasteiger partial charge in [0.1, 0.15) is 17.6 Å². The van der Waals surface area contributed by atoms with E-state index in [-0.39, 0.29) is 16.6 Å². The van der Waals surface area contributed by atoms with Crippen molar-refractivity contribution in [1.29, 1.82) is 0 Å². The van der Waals surface area contributed by atoms with Gasteiger partial charge < -0.3 is 9.84 Å². The number of phenolic OH excluding ortho intramolecular Hbond substituents is 1. The van der Waals surface area contributed by atoms with Crippen LogP contribution in [-0.2, 0) is 4.74 Å². The first-order valence-electron chi connectivity index (χ1n) is 7.61. The molecule has 0 radical (unpaired) electrons. The van der Waals surface area contributed by atoms with Crippen molar-refractivity contribution in [2.45, 2.75) is 47.6 Å². The fraction of sp³-hybridized carbons (Fsp3) is 0.556. The van der Waals surface area contributed by atoms with Crippen molar-refractivity contribution in [1.82, 2.24) is 0 Å². The van der Waals surface area contributed by atoms with Gasteiger partial charge in [-0.15, -0.1) is 0 Å². The molecule has 1 unspecified atom stereocenters. The zero-order chi connectivity index (χ0) is 16.7. The molecule has 0 saturated heterocycles. The van der Waals surface area contributed by atoms with Crippen LogP contribution in [0.2, 0.25) is 0 Å². The Kier molecular flexibility index (Phi) is 4.07. The Labute approximate surface area is 132 Å². The van der Waals surface area contributed by atoms with E-state index in [1.165, 1.54) is 5.57 Å². The topological polar surface area (TPSA) is 58.9 Å². The molecule has 0 spiro atoms. The Hall–Kier alpha value is -1.84. The van der Waals surface area contributed by atoms with Crippen LogP contribution in [0.25, 0.3) is 5.76 Å². The molecule has 0 fully saturated rings. The van der Waals surface area contributed by atoms with Crippen molar-refractivity contribution in [3.05, 3.63) is 39.8 Å². The normalized spacial score (nSPS) is 19.0. The first-order chi connectivity index (χ1) is 10.1. The predicted molar refractivity (Wildman–Crippen MR) is 88.4 cm³/mol. The molecule has 0 saturated carbocycles. The van der Waals surface area contributed by atoms with Crippen molar-refractivity contribution in [3.8, 4) is 5.75 Å². The quantitative estimate of drug-likeness (QED) is 0.796. The Balaban J connectivity index is 2.55. The molecule has 1 aromatic rings. The van der Waals surface area contributed by atoms with Gasteiger partial charge in [0, 0.05) is 16.5 Å². The SMILES string of the molecule is CC(N=O)c1ccc(C2=C(C(C)(C)C)C(C)(C)CO2)cc1O. The third-order valence-corrected chi connectivity index (χ3v) is 4.13. The van der Waals surface area contributed by atoms with E-state index in [2.05, 4.69) is 39.8 Å². The van der Waals surface area contributed by atoms with Gasteiger partial charge in [-0.1, -0.05) is 51.9 Å². The number of hydrogen-bond acceptors (Lipinski definition) is 4. The maximum Gasteiger partial charge on any atom is 0.127 e. The summed E-state index contributed by atoms with van der Waals surface area (Å²) in [4.78, 5) is 10.7. The molecule has 1 aliphatic rings. The second-order valence-electron chi connectivity index (χ2n) is 7.68. The number of aromatic hydroxyl groups is 1. The molecular weight excluding hydrogens is 278 g/mol. The lowest BCUT2D eigenvalue weighted by Crippen LogP contribution is -2.24. The molecule has 22 heavy (non-hydrogen) atoms. The minimum Gasteiger partial charge on any atom is -0.508 e. The van der Waals surface area contributed by atoms with Crippen molar-refractivity contribution in [2.24, 2.45) is 16.0 Å². The second-order valence-corrected chi connectivity index (χ2v) is 7.68. The molecule has 4 nitrogen and oxygen atoms in total. The van der Waals surface area contributed by atoms with Crippen molar-refractivity contribution in [2.75, 3.05) is 6.61 Å². The van der Waals surface area contributed by atoms with Gasteiger partial charge in [0.15, 0.2) is 0 Å². The average molecular weight is 303 g/mol. The Bertz CT molecular complexity index is 624. The molecule has 1 heterocycles. The molecule has 0 aromatic heterocycles. The summed E-state index contributed by atoms with van der Waals surface area (Å²) in [6.07, 6.45) is 0. The molecule has 2 rings (SSSR count). The smallest absolute Gasteiger partial charge is 0.127 e. The number of hydrogen-bond donors (Lipinski definition) is 1.